The van der Waals surface area contributed by atoms with Gasteiger partial charge in [-0.1, -0.05) is 30.3 Å². The van der Waals surface area contributed by atoms with Gasteiger partial charge in [-0.25, -0.2) is 0 Å². The van der Waals surface area contributed by atoms with Gasteiger partial charge in [0.25, 0.3) is 0 Å². The van der Waals surface area contributed by atoms with E-state index in [9.17, 15) is 10.0 Å². The van der Waals surface area contributed by atoms with Gasteiger partial charge in [0.2, 0.25) is 5.78 Å². The molecule has 1 aliphatic heterocycles. The van der Waals surface area contributed by atoms with Crippen molar-refractivity contribution in [3.05, 3.63) is 89.1 Å². The number of quaternary nitrogens is 1. The fraction of sp³-hybridized carbons (Fsp3) is 0. The van der Waals surface area contributed by atoms with Crippen LogP contribution in [0.3, 0.4) is 0 Å². The van der Waals surface area contributed by atoms with E-state index in [0.717, 1.165) is 0 Å². The minimum Gasteiger partial charge on any atom is -0.616 e. The fourth-order valence-corrected chi connectivity index (χ4v) is 3.14. The highest BCUT2D eigenvalue weighted by atomic mass is 16.5. The number of fused-ring (bicyclic) bond motifs is 2. The highest BCUT2D eigenvalue weighted by Gasteiger charge is 2.40. The number of rotatable bonds is 1. The maximum Gasteiger partial charge on any atom is 0.205 e. The van der Waals surface area contributed by atoms with Crippen LogP contribution >= 0.6 is 0 Å². The fourth-order valence-electron chi connectivity index (χ4n) is 3.14. The van der Waals surface area contributed by atoms with Gasteiger partial charge in [-0.05, 0) is 18.2 Å². The van der Waals surface area contributed by atoms with Crippen LogP contribution in [-0.2, 0) is 0 Å². The predicted octanol–water partition coefficient (Wildman–Crippen LogP) is 4.28. The van der Waals surface area contributed by atoms with Crippen LogP contribution < -0.4 is 10.4 Å². The van der Waals surface area contributed by atoms with Gasteiger partial charge in [0.15, 0.2) is 11.4 Å². The van der Waals surface area contributed by atoms with Gasteiger partial charge in [0.05, 0.1) is 11.1 Å². The topological polar surface area (TPSA) is 66.2 Å². The van der Waals surface area contributed by atoms with Gasteiger partial charge < -0.3 is 10.9 Å². The van der Waals surface area contributed by atoms with Crippen molar-refractivity contribution in [1.29, 1.82) is 0 Å². The third-order valence-electron chi connectivity index (χ3n) is 4.21. The number of para-hydroxylation sites is 2. The smallest absolute Gasteiger partial charge is 0.205 e. The molecule has 0 spiro atoms. The lowest BCUT2D eigenvalue weighted by Crippen LogP contribution is -2.37. The van der Waals surface area contributed by atoms with Crippen molar-refractivity contribution in [2.75, 3.05) is 5.73 Å². The molecular weight excluding hydrogens is 288 g/mol. The monoisotopic (exact) mass is 302 g/mol. The minimum absolute atomic E-state index is 0.163. The van der Waals surface area contributed by atoms with E-state index in [1.54, 1.807) is 54.6 Å². The van der Waals surface area contributed by atoms with E-state index in [0.29, 0.717) is 33.9 Å². The molecule has 0 bridgehead atoms. The quantitative estimate of drug-likeness (QED) is 0.414. The minimum atomic E-state index is -0.793. The lowest BCUT2D eigenvalue weighted by molar-refractivity contribution is 0.103. The number of carbonyl (C=O) groups excluding carboxylic acids is 1. The van der Waals surface area contributed by atoms with Crippen LogP contribution in [0.5, 0.6) is 0 Å². The van der Waals surface area contributed by atoms with E-state index in [-0.39, 0.29) is 5.78 Å². The Morgan fingerprint density at radius 2 is 1.43 bits per heavy atom. The Labute approximate surface area is 133 Å². The SMILES string of the molecule is Nc1ccc2c(c1)C(=O)c1ccccc1[N+]2([O-])c1ccccc1. The molecular formula is C19H14N2O2. The molecule has 1 aliphatic rings. The highest BCUT2D eigenvalue weighted by molar-refractivity contribution is 6.19. The molecule has 1 heterocycles. The van der Waals surface area contributed by atoms with Crippen LogP contribution in [0.2, 0.25) is 0 Å². The van der Waals surface area contributed by atoms with Gasteiger partial charge in [-0.15, -0.1) is 0 Å². The average Bonchev–Trinajstić information content (AvgIpc) is 2.60. The molecule has 3 aromatic rings. The summed E-state index contributed by atoms with van der Waals surface area (Å²) in [5.41, 5.74) is 8.47. The Hall–Kier alpha value is -2.95. The number of nitrogens with two attached hydrogens (primary N) is 1. The van der Waals surface area contributed by atoms with Gasteiger partial charge >= 0.3 is 0 Å². The van der Waals surface area contributed by atoms with Crippen LogP contribution in [0.25, 0.3) is 0 Å². The first-order chi connectivity index (χ1) is 11.1. The summed E-state index contributed by atoms with van der Waals surface area (Å²) < 4.78 is -0.793. The lowest BCUT2D eigenvalue weighted by atomic mass is 9.92. The first-order valence-electron chi connectivity index (χ1n) is 7.32. The van der Waals surface area contributed by atoms with Crippen molar-refractivity contribution in [3.63, 3.8) is 0 Å². The zero-order chi connectivity index (χ0) is 16.0. The number of anilines is 1. The molecule has 2 N–H and O–H groups in total. The van der Waals surface area contributed by atoms with Crippen molar-refractivity contribution in [3.8, 4) is 0 Å². The molecule has 0 fully saturated rings. The average molecular weight is 302 g/mol. The molecule has 0 amide bonds. The Morgan fingerprint density at radius 3 is 2.22 bits per heavy atom. The molecule has 4 nitrogen and oxygen atoms in total. The number of hydrogen-bond acceptors (Lipinski definition) is 3. The normalized spacial score (nSPS) is 19.1. The Morgan fingerprint density at radius 1 is 0.783 bits per heavy atom. The largest absolute Gasteiger partial charge is 0.616 e. The number of nitrogens with zero attached hydrogens (tertiary/aromatic N) is 1. The number of ketones is 1. The third kappa shape index (κ3) is 1.83. The second-order valence-electron chi connectivity index (χ2n) is 5.57. The standard InChI is InChI=1S/C19H14N2O2/c20-13-10-11-18-16(12-13)19(22)15-8-4-5-9-17(15)21(18,23)14-6-2-1-3-7-14/h1-12H,20H2. The molecule has 0 aliphatic carbocycles. The van der Waals surface area contributed by atoms with Crippen molar-refractivity contribution in [1.82, 2.24) is 4.65 Å². The Kier molecular flexibility index (Phi) is 2.84. The van der Waals surface area contributed by atoms with E-state index in [1.807, 2.05) is 18.2 Å². The third-order valence-corrected chi connectivity index (χ3v) is 4.21. The zero-order valence-corrected chi connectivity index (χ0v) is 12.3. The van der Waals surface area contributed by atoms with E-state index in [2.05, 4.69) is 0 Å². The molecule has 23 heavy (non-hydrogen) atoms. The predicted molar refractivity (Wildman–Crippen MR) is 91.7 cm³/mol. The van der Waals surface area contributed by atoms with E-state index in [4.69, 9.17) is 5.73 Å². The second-order valence-corrected chi connectivity index (χ2v) is 5.57. The molecule has 1 atom stereocenters. The first kappa shape index (κ1) is 13.7. The van der Waals surface area contributed by atoms with E-state index in [1.165, 1.54) is 0 Å². The summed E-state index contributed by atoms with van der Waals surface area (Å²) in [4.78, 5) is 12.8. The Balaban J connectivity index is 2.11. The summed E-state index contributed by atoms with van der Waals surface area (Å²) in [5, 5.41) is 14.0. The van der Waals surface area contributed by atoms with Crippen LogP contribution in [0.15, 0.2) is 72.8 Å². The van der Waals surface area contributed by atoms with Crippen LogP contribution in [-0.4, -0.2) is 5.78 Å². The molecule has 0 saturated heterocycles. The molecule has 0 aromatic heterocycles. The van der Waals surface area contributed by atoms with Gasteiger partial charge in [-0.2, -0.15) is 0 Å². The molecule has 3 aromatic carbocycles. The summed E-state index contributed by atoms with van der Waals surface area (Å²) >= 11 is 0. The van der Waals surface area contributed by atoms with Gasteiger partial charge in [0.1, 0.15) is 5.69 Å². The van der Waals surface area contributed by atoms with E-state index < -0.39 is 4.65 Å². The van der Waals surface area contributed by atoms with Crippen molar-refractivity contribution in [2.24, 2.45) is 0 Å². The first-order valence-corrected chi connectivity index (χ1v) is 7.32. The van der Waals surface area contributed by atoms with Crippen LogP contribution in [0.1, 0.15) is 15.9 Å². The van der Waals surface area contributed by atoms with Crippen molar-refractivity contribution in [2.45, 2.75) is 0 Å². The molecule has 4 rings (SSSR count). The summed E-state index contributed by atoms with van der Waals surface area (Å²) in [6.07, 6.45) is 0. The van der Waals surface area contributed by atoms with Crippen LogP contribution in [0, 0.1) is 5.21 Å². The van der Waals surface area contributed by atoms with Gasteiger partial charge in [0, 0.05) is 30.0 Å². The molecule has 0 radical (unpaired) electrons. The maximum absolute atomic E-state index is 14.0. The molecule has 112 valence electrons. The summed E-state index contributed by atoms with van der Waals surface area (Å²) in [5.74, 6) is -0.163. The summed E-state index contributed by atoms with van der Waals surface area (Å²) in [7, 11) is 0. The Bertz CT molecular complexity index is 922. The number of hydrogen-bond donors (Lipinski definition) is 1. The molecule has 1 unspecified atom stereocenters. The number of nitrogen functional groups attached to an aromatic ring is 1. The number of carbonyl (C=O) groups is 1. The maximum atomic E-state index is 14.0. The molecule has 0 saturated carbocycles. The second kappa shape index (κ2) is 4.78. The number of benzene rings is 3. The summed E-state index contributed by atoms with van der Waals surface area (Å²) in [6, 6.07) is 20.9. The zero-order valence-electron chi connectivity index (χ0n) is 12.3. The molecule has 4 heteroatoms. The van der Waals surface area contributed by atoms with Crippen molar-refractivity contribution < 1.29 is 4.79 Å². The van der Waals surface area contributed by atoms with Gasteiger partial charge in [-0.3, -0.25) is 9.44 Å². The summed E-state index contributed by atoms with van der Waals surface area (Å²) in [6.45, 7) is 0. The van der Waals surface area contributed by atoms with Crippen LogP contribution in [0.4, 0.5) is 22.7 Å². The lowest BCUT2D eigenvalue weighted by Gasteiger charge is -2.44. The van der Waals surface area contributed by atoms with Crippen molar-refractivity contribution >= 4 is 28.5 Å². The van der Waals surface area contributed by atoms with E-state index >= 15 is 0 Å². The highest BCUT2D eigenvalue weighted by Crippen LogP contribution is 2.50.